The molecule has 6 heteroatoms. The van der Waals surface area contributed by atoms with Crippen LogP contribution >= 0.6 is 23.1 Å². The number of thiazole rings is 1. The Hall–Kier alpha value is -2.18. The minimum absolute atomic E-state index is 0.0873. The number of nitrogens with zero attached hydrogens (tertiary/aromatic N) is 2. The van der Waals surface area contributed by atoms with Crippen molar-refractivity contribution in [2.75, 3.05) is 5.32 Å². The number of aromatic nitrogens is 2. The van der Waals surface area contributed by atoms with Crippen LogP contribution in [0, 0.1) is 12.8 Å². The molecular formula is C21H23N3OS2. The number of carbonyl (C=O) groups excluding carboxylic acids is 1. The van der Waals surface area contributed by atoms with Gasteiger partial charge in [-0.15, -0.1) is 23.1 Å². The lowest BCUT2D eigenvalue weighted by molar-refractivity contribution is 0.103. The van der Waals surface area contributed by atoms with E-state index in [2.05, 4.69) is 35.2 Å². The van der Waals surface area contributed by atoms with Crippen LogP contribution in [-0.4, -0.2) is 15.9 Å². The Morgan fingerprint density at radius 1 is 1.22 bits per heavy atom. The number of anilines is 1. The van der Waals surface area contributed by atoms with Gasteiger partial charge in [0.15, 0.2) is 0 Å². The molecule has 4 nitrogen and oxygen atoms in total. The lowest BCUT2D eigenvalue weighted by Gasteiger charge is -2.06. The van der Waals surface area contributed by atoms with Crippen LogP contribution in [0.25, 0.3) is 0 Å². The zero-order valence-corrected chi connectivity index (χ0v) is 17.4. The molecule has 0 spiro atoms. The van der Waals surface area contributed by atoms with Crippen molar-refractivity contribution < 1.29 is 4.79 Å². The maximum atomic E-state index is 12.6. The van der Waals surface area contributed by atoms with Crippen LogP contribution in [0.5, 0.6) is 0 Å². The Morgan fingerprint density at radius 2 is 2.00 bits per heavy atom. The Balaban J connectivity index is 1.59. The second kappa shape index (κ2) is 9.15. The number of hydrogen-bond acceptors (Lipinski definition) is 5. The average Bonchev–Trinajstić information content (AvgIpc) is 3.01. The van der Waals surface area contributed by atoms with E-state index >= 15 is 0 Å². The first-order valence-corrected chi connectivity index (χ1v) is 10.7. The molecule has 1 amide bonds. The van der Waals surface area contributed by atoms with Crippen LogP contribution in [0.15, 0.2) is 53.7 Å². The van der Waals surface area contributed by atoms with Gasteiger partial charge in [0.25, 0.3) is 5.91 Å². The van der Waals surface area contributed by atoms with Crippen molar-refractivity contribution in [1.29, 1.82) is 0 Å². The third kappa shape index (κ3) is 5.65. The first-order chi connectivity index (χ1) is 13.0. The van der Waals surface area contributed by atoms with Gasteiger partial charge >= 0.3 is 0 Å². The number of aryl methyl sites for hydroxylation is 1. The standard InChI is InChI=1S/C21H23N3OS2/c1-14(2)11-19-23-15(3)20(27-19)21(25)24-17-6-8-18(9-7-17)26-13-16-5-4-10-22-12-16/h4-10,12,14H,11,13H2,1-3H3,(H,24,25). The molecule has 0 aliphatic heterocycles. The fourth-order valence-corrected chi connectivity index (χ4v) is 4.58. The van der Waals surface area contributed by atoms with Gasteiger partial charge in [0.2, 0.25) is 0 Å². The molecule has 0 bridgehead atoms. The van der Waals surface area contributed by atoms with Crippen molar-refractivity contribution in [1.82, 2.24) is 9.97 Å². The number of rotatable bonds is 7. The van der Waals surface area contributed by atoms with Crippen molar-refractivity contribution in [2.24, 2.45) is 5.92 Å². The molecule has 1 aromatic carbocycles. The summed E-state index contributed by atoms with van der Waals surface area (Å²) in [5.74, 6) is 1.32. The van der Waals surface area contributed by atoms with Crippen LogP contribution in [0.1, 0.15) is 39.8 Å². The van der Waals surface area contributed by atoms with E-state index in [1.54, 1.807) is 18.0 Å². The fourth-order valence-electron chi connectivity index (χ4n) is 2.57. The van der Waals surface area contributed by atoms with E-state index in [9.17, 15) is 4.79 Å². The first kappa shape index (κ1) is 19.6. The SMILES string of the molecule is Cc1nc(CC(C)C)sc1C(=O)Nc1ccc(SCc2cccnc2)cc1. The number of nitrogens with one attached hydrogen (secondary N) is 1. The molecule has 0 saturated carbocycles. The third-order valence-electron chi connectivity index (χ3n) is 3.87. The average molecular weight is 398 g/mol. The number of benzene rings is 1. The largest absolute Gasteiger partial charge is 0.321 e. The van der Waals surface area contributed by atoms with Gasteiger partial charge in [-0.2, -0.15) is 0 Å². The van der Waals surface area contributed by atoms with Crippen LogP contribution in [0.2, 0.25) is 0 Å². The van der Waals surface area contributed by atoms with Crippen molar-refractivity contribution in [3.05, 3.63) is 69.9 Å². The summed E-state index contributed by atoms with van der Waals surface area (Å²) in [6, 6.07) is 12.0. The van der Waals surface area contributed by atoms with Crippen LogP contribution in [0.4, 0.5) is 5.69 Å². The highest BCUT2D eigenvalue weighted by Crippen LogP contribution is 2.25. The fraction of sp³-hybridized carbons (Fsp3) is 0.286. The van der Waals surface area contributed by atoms with Gasteiger partial charge in [-0.3, -0.25) is 9.78 Å². The molecular weight excluding hydrogens is 374 g/mol. The van der Waals surface area contributed by atoms with E-state index in [1.165, 1.54) is 16.9 Å². The van der Waals surface area contributed by atoms with E-state index in [4.69, 9.17) is 0 Å². The zero-order valence-electron chi connectivity index (χ0n) is 15.7. The molecule has 27 heavy (non-hydrogen) atoms. The minimum Gasteiger partial charge on any atom is -0.321 e. The summed E-state index contributed by atoms with van der Waals surface area (Å²) in [5, 5.41) is 4.00. The molecule has 140 valence electrons. The lowest BCUT2D eigenvalue weighted by Crippen LogP contribution is -2.11. The van der Waals surface area contributed by atoms with Gasteiger partial charge in [0.1, 0.15) is 4.88 Å². The molecule has 0 saturated heterocycles. The second-order valence-electron chi connectivity index (χ2n) is 6.75. The minimum atomic E-state index is -0.0873. The summed E-state index contributed by atoms with van der Waals surface area (Å²) in [7, 11) is 0. The normalized spacial score (nSPS) is 11.0. The molecule has 3 aromatic rings. The number of hydrogen-bond donors (Lipinski definition) is 1. The van der Waals surface area contributed by atoms with E-state index in [1.807, 2.05) is 43.5 Å². The third-order valence-corrected chi connectivity index (χ3v) is 6.13. The molecule has 0 unspecified atom stereocenters. The molecule has 0 aliphatic rings. The highest BCUT2D eigenvalue weighted by atomic mass is 32.2. The van der Waals surface area contributed by atoms with Crippen molar-refractivity contribution in [3.8, 4) is 0 Å². The van der Waals surface area contributed by atoms with E-state index in [0.29, 0.717) is 10.8 Å². The number of carbonyl (C=O) groups is 1. The zero-order chi connectivity index (χ0) is 19.2. The second-order valence-corrected chi connectivity index (χ2v) is 8.88. The van der Waals surface area contributed by atoms with Crippen molar-refractivity contribution in [2.45, 2.75) is 37.8 Å². The Bertz CT molecular complexity index is 890. The van der Waals surface area contributed by atoms with Gasteiger partial charge in [-0.25, -0.2) is 4.98 Å². The van der Waals surface area contributed by atoms with E-state index in [0.717, 1.165) is 33.5 Å². The maximum Gasteiger partial charge on any atom is 0.267 e. The predicted molar refractivity (Wildman–Crippen MR) is 114 cm³/mol. The molecule has 0 atom stereocenters. The molecule has 0 radical (unpaired) electrons. The Kier molecular flexibility index (Phi) is 6.63. The maximum absolute atomic E-state index is 12.6. The summed E-state index contributed by atoms with van der Waals surface area (Å²) < 4.78 is 0. The van der Waals surface area contributed by atoms with E-state index < -0.39 is 0 Å². The number of pyridine rings is 1. The summed E-state index contributed by atoms with van der Waals surface area (Å²) >= 11 is 3.24. The van der Waals surface area contributed by atoms with Gasteiger partial charge in [0.05, 0.1) is 10.7 Å². The monoisotopic (exact) mass is 397 g/mol. The predicted octanol–water partition coefficient (Wildman–Crippen LogP) is 5.59. The van der Waals surface area contributed by atoms with Crippen LogP contribution in [-0.2, 0) is 12.2 Å². The topological polar surface area (TPSA) is 54.9 Å². The molecule has 0 fully saturated rings. The molecule has 0 aliphatic carbocycles. The number of thioether (sulfide) groups is 1. The molecule has 1 N–H and O–H groups in total. The van der Waals surface area contributed by atoms with Crippen molar-refractivity contribution >= 4 is 34.7 Å². The van der Waals surface area contributed by atoms with Crippen LogP contribution in [0.3, 0.4) is 0 Å². The van der Waals surface area contributed by atoms with Gasteiger partial charge in [-0.05, 0) is 48.7 Å². The van der Waals surface area contributed by atoms with Crippen LogP contribution < -0.4 is 5.32 Å². The van der Waals surface area contributed by atoms with Gasteiger partial charge in [-0.1, -0.05) is 19.9 Å². The smallest absolute Gasteiger partial charge is 0.267 e. The quantitative estimate of drug-likeness (QED) is 0.528. The summed E-state index contributed by atoms with van der Waals surface area (Å²) in [5.41, 5.74) is 2.79. The van der Waals surface area contributed by atoms with Gasteiger partial charge < -0.3 is 5.32 Å². The molecule has 3 rings (SSSR count). The van der Waals surface area contributed by atoms with E-state index in [-0.39, 0.29) is 5.91 Å². The summed E-state index contributed by atoms with van der Waals surface area (Å²) in [6.07, 6.45) is 4.57. The number of amides is 1. The van der Waals surface area contributed by atoms with Crippen molar-refractivity contribution in [3.63, 3.8) is 0 Å². The Morgan fingerprint density at radius 3 is 2.67 bits per heavy atom. The summed E-state index contributed by atoms with van der Waals surface area (Å²) in [6.45, 7) is 6.21. The first-order valence-electron chi connectivity index (χ1n) is 8.90. The molecule has 2 heterocycles. The molecule has 2 aromatic heterocycles. The summed E-state index contributed by atoms with van der Waals surface area (Å²) in [4.78, 5) is 23.1. The Labute approximate surface area is 168 Å². The van der Waals surface area contributed by atoms with Gasteiger partial charge in [0, 0.05) is 35.2 Å². The lowest BCUT2D eigenvalue weighted by atomic mass is 10.1. The highest BCUT2D eigenvalue weighted by molar-refractivity contribution is 7.98. The highest BCUT2D eigenvalue weighted by Gasteiger charge is 2.16.